The van der Waals surface area contributed by atoms with Gasteiger partial charge in [-0.25, -0.2) is 0 Å². The molecule has 4 aromatic rings. The number of rotatable bonds is 14. The minimum absolute atomic E-state index is 0. The molecule has 0 N–H and O–H groups in total. The minimum Gasteiger partial charge on any atom is -0.504 e. The van der Waals surface area contributed by atoms with Crippen LogP contribution in [0.25, 0.3) is 0 Å². The summed E-state index contributed by atoms with van der Waals surface area (Å²) in [7, 11) is 3.75. The molecular weight excluding hydrogens is 1380 g/mol. The van der Waals surface area contributed by atoms with Crippen LogP contribution in [0.5, 0.6) is 0 Å². The maximum absolute atomic E-state index is 3.27. The van der Waals surface area contributed by atoms with Gasteiger partial charge in [0.05, 0.1) is 67.9 Å². The van der Waals surface area contributed by atoms with Crippen molar-refractivity contribution in [3.05, 3.63) is 136 Å². The summed E-state index contributed by atoms with van der Waals surface area (Å²) in [4.78, 5) is 8.61. The van der Waals surface area contributed by atoms with Crippen LogP contribution in [0.3, 0.4) is 0 Å². The van der Waals surface area contributed by atoms with Crippen molar-refractivity contribution in [2.45, 2.75) is 248 Å². The Hall–Kier alpha value is -0.927. The Kier molecular flexibility index (Phi) is 44.9. The van der Waals surface area contributed by atoms with Gasteiger partial charge in [-0.1, -0.05) is 12.1 Å². The molecule has 0 spiro atoms. The number of hydrogen-bond acceptors (Lipinski definition) is 4. The van der Waals surface area contributed by atoms with Gasteiger partial charge in [-0.15, -0.1) is 11.4 Å². The third-order valence-corrected chi connectivity index (χ3v) is 30.2. The Labute approximate surface area is 519 Å². The second-order valence-corrected chi connectivity index (χ2v) is 42.3. The summed E-state index contributed by atoms with van der Waals surface area (Å²) in [6, 6.07) is 35.4. The Bertz CT molecular complexity index is 1920. The number of hydrogen-bond donors (Lipinski definition) is 0. The van der Waals surface area contributed by atoms with Crippen LogP contribution < -0.4 is 19.6 Å². The molecule has 2 aliphatic heterocycles. The van der Waals surface area contributed by atoms with E-state index in [4.69, 9.17) is 0 Å². The molecule has 78 heavy (non-hydrogen) atoms. The molecular formula is C68H122N4Os2P4-2. The first kappa shape index (κ1) is 83.5. The first-order valence-electron chi connectivity index (χ1n) is 28.7. The van der Waals surface area contributed by atoms with Crippen LogP contribution in [-0.2, 0) is 39.6 Å². The van der Waals surface area contributed by atoms with Gasteiger partial charge in [-0.2, -0.15) is 74.0 Å². The van der Waals surface area contributed by atoms with Gasteiger partial charge in [-0.3, -0.25) is 0 Å². The average Bonchev–Trinajstić information content (AvgIpc) is 3.78. The van der Waals surface area contributed by atoms with E-state index in [-0.39, 0.29) is 86.1 Å². The molecule has 0 aliphatic carbocycles. The zero-order valence-corrected chi connectivity index (χ0v) is 64.7. The molecule has 0 fully saturated rings. The summed E-state index contributed by atoms with van der Waals surface area (Å²) < 4.78 is 0. The average molecular weight is 1500 g/mol. The largest absolute Gasteiger partial charge is 0.504 e. The molecule has 0 radical (unpaired) electrons. The van der Waals surface area contributed by atoms with Crippen molar-refractivity contribution >= 4 is 65.8 Å². The summed E-state index contributed by atoms with van der Waals surface area (Å²) >= 11 is 0. The Balaban J connectivity index is -0.000000427. The van der Waals surface area contributed by atoms with Crippen molar-refractivity contribution in [3.63, 3.8) is 0 Å². The quantitative estimate of drug-likeness (QED) is 0.0921. The van der Waals surface area contributed by atoms with E-state index in [1.807, 2.05) is 36.4 Å². The van der Waals surface area contributed by atoms with Gasteiger partial charge in [0.15, 0.2) is 0 Å². The predicted molar refractivity (Wildman–Crippen MR) is 370 cm³/mol. The Morgan fingerprint density at radius 2 is 0.564 bits per heavy atom. The van der Waals surface area contributed by atoms with E-state index >= 15 is 0 Å². The molecule has 2 aliphatic rings. The normalized spacial score (nSPS) is 12.6. The fourth-order valence-electron chi connectivity index (χ4n) is 12.3. The smallest absolute Gasteiger partial charge is 0.0624 e. The molecule has 4 nitrogen and oxygen atoms in total. The number of benzene rings is 4. The van der Waals surface area contributed by atoms with E-state index in [1.165, 1.54) is 33.9 Å². The Morgan fingerprint density at radius 3 is 0.808 bits per heavy atom. The molecule has 0 saturated carbocycles. The minimum atomic E-state index is -0.0957. The van der Waals surface area contributed by atoms with Crippen molar-refractivity contribution in [1.82, 2.24) is 0 Å². The third kappa shape index (κ3) is 27.6. The second kappa shape index (κ2) is 42.0. The monoisotopic (exact) mass is 1500 g/mol. The maximum Gasteiger partial charge on any atom is 0.0624 e. The molecule has 0 saturated heterocycles. The van der Waals surface area contributed by atoms with Crippen LogP contribution in [0.2, 0.25) is 0 Å². The van der Waals surface area contributed by atoms with Crippen molar-refractivity contribution in [2.24, 2.45) is 0 Å². The number of anilines is 6. The zero-order chi connectivity index (χ0) is 56.9. The number of fused-ring (bicyclic) bond motifs is 2. The van der Waals surface area contributed by atoms with Crippen molar-refractivity contribution in [3.8, 4) is 0 Å². The molecule has 0 aromatic heterocycles. The molecule has 0 amide bonds. The molecule has 2 heterocycles. The molecule has 6 rings (SSSR count). The van der Waals surface area contributed by atoms with E-state index < -0.39 is 0 Å². The van der Waals surface area contributed by atoms with Gasteiger partial charge in [0.25, 0.3) is 0 Å². The molecule has 4 aromatic carbocycles. The maximum atomic E-state index is 3.27. The van der Waals surface area contributed by atoms with Gasteiger partial charge in [0.1, 0.15) is 0 Å². The van der Waals surface area contributed by atoms with Crippen LogP contribution in [0, 0.1) is 54.2 Å². The molecule has 0 atom stereocenters. The standard InChI is InChI=1S/C16H16N2.C14H12N2.4C9H21P.2CH3.2Os/c1-12-9-15-16(10-13(12)2)18(11-17(15)3)14-7-5-4-6-8-14;1-15-11-16(12-7-3-2-4-8-12)14-10-6-5-9-13(14)15;4*1-7(2)10(8(3)4)9(5)6;;;;/h4-7,9-11H,1-3H3;2-7,9-11H,1H3;4*7-9H,1-6H3;2*1H3;;/q2*-2;;;;;2*-1;;/p+4. The third-order valence-electron chi connectivity index (χ3n) is 14.2. The summed E-state index contributed by atoms with van der Waals surface area (Å²) in [5.74, 6) is 0. The van der Waals surface area contributed by atoms with E-state index in [0.29, 0.717) is 0 Å². The van der Waals surface area contributed by atoms with Crippen molar-refractivity contribution < 1.29 is 39.6 Å². The summed E-state index contributed by atoms with van der Waals surface area (Å²) in [6.07, 6.45) is 0. The fourth-order valence-corrected chi connectivity index (χ4v) is 28.3. The summed E-state index contributed by atoms with van der Waals surface area (Å²) in [6.45, 7) is 65.4. The van der Waals surface area contributed by atoms with Crippen molar-refractivity contribution in [2.75, 3.05) is 33.7 Å². The topological polar surface area (TPSA) is 13.0 Å². The zero-order valence-electron chi connectivity index (χ0n) is 55.7. The van der Waals surface area contributed by atoms with Crippen LogP contribution in [0.4, 0.5) is 34.1 Å². The number of nitrogens with zero attached hydrogens (tertiary/aromatic N) is 4. The SMILES string of the molecule is CC(C)[PH+](C(C)C)C(C)C.CC(C)[PH+](C(C)C)C(C)C.CC(C)[PH+](C(C)C)C(C)C.CC(C)[PH+](C(C)C)C(C)C.CN1[CH-]N(c2[c-]cccc2)c2ccccc21.Cc1cc2c(cc1C)N(c1[c-]cccc1)[CH-]N2C.[CH3-].[CH3-].[Os].[Os]. The van der Waals surface area contributed by atoms with Gasteiger partial charge in [0.2, 0.25) is 0 Å². The van der Waals surface area contributed by atoms with Crippen LogP contribution >= 0.6 is 31.7 Å². The van der Waals surface area contributed by atoms with Gasteiger partial charge in [-0.05, 0) is 230 Å². The van der Waals surface area contributed by atoms with Crippen LogP contribution in [-0.4, -0.2) is 82.0 Å². The second-order valence-electron chi connectivity index (χ2n) is 24.5. The first-order valence-corrected chi connectivity index (χ1v) is 35.7. The van der Waals surface area contributed by atoms with Gasteiger partial charge < -0.3 is 34.5 Å². The molecule has 0 bridgehead atoms. The Morgan fingerprint density at radius 1 is 0.333 bits per heavy atom. The van der Waals surface area contributed by atoms with Crippen LogP contribution in [0.15, 0.2) is 84.9 Å². The number of para-hydroxylation sites is 4. The predicted octanol–water partition coefficient (Wildman–Crippen LogP) is 21.6. The fraction of sp³-hybridized carbons (Fsp3) is 0.588. The van der Waals surface area contributed by atoms with Gasteiger partial charge >= 0.3 is 0 Å². The van der Waals surface area contributed by atoms with E-state index in [2.05, 4.69) is 288 Å². The van der Waals surface area contributed by atoms with Gasteiger partial charge in [0, 0.05) is 94.0 Å². The van der Waals surface area contributed by atoms with E-state index in [0.717, 1.165) is 79.3 Å². The summed E-state index contributed by atoms with van der Waals surface area (Å²) in [5.41, 5.74) is 20.9. The first-order chi connectivity index (χ1) is 34.4. The summed E-state index contributed by atoms with van der Waals surface area (Å²) in [5, 5.41) is 0. The van der Waals surface area contributed by atoms with Crippen molar-refractivity contribution in [1.29, 1.82) is 0 Å². The number of aryl methyl sites for hydroxylation is 2. The molecule has 10 heteroatoms. The molecule has 0 unspecified atom stereocenters. The van der Waals surface area contributed by atoms with E-state index in [9.17, 15) is 0 Å². The van der Waals surface area contributed by atoms with Crippen LogP contribution in [0.1, 0.15) is 177 Å². The molecule has 452 valence electrons. The van der Waals surface area contributed by atoms with E-state index in [1.54, 1.807) is 0 Å².